The number of hydrogen-bond acceptors (Lipinski definition) is 1. The van der Waals surface area contributed by atoms with Crippen molar-refractivity contribution in [2.75, 3.05) is 6.16 Å². The van der Waals surface area contributed by atoms with Gasteiger partial charge in [0.2, 0.25) is 0 Å². The van der Waals surface area contributed by atoms with E-state index in [4.69, 9.17) is 0 Å². The SMILES string of the molecule is CCC(C)(O)CC(C)(C)CP(F)F. The van der Waals surface area contributed by atoms with Gasteiger partial charge in [-0.05, 0) is 25.2 Å². The van der Waals surface area contributed by atoms with Crippen molar-refractivity contribution in [3.63, 3.8) is 0 Å². The molecule has 0 saturated heterocycles. The van der Waals surface area contributed by atoms with Crippen molar-refractivity contribution in [2.45, 2.75) is 46.1 Å². The maximum atomic E-state index is 12.2. The highest BCUT2D eigenvalue weighted by Gasteiger charge is 2.31. The summed E-state index contributed by atoms with van der Waals surface area (Å²) < 4.78 is 24.4. The van der Waals surface area contributed by atoms with Crippen LogP contribution in [0.4, 0.5) is 8.39 Å². The van der Waals surface area contributed by atoms with Crippen LogP contribution in [0.1, 0.15) is 40.5 Å². The minimum atomic E-state index is -2.86. The molecule has 13 heavy (non-hydrogen) atoms. The molecule has 0 heterocycles. The number of halogens is 2. The topological polar surface area (TPSA) is 20.2 Å². The zero-order valence-corrected chi connectivity index (χ0v) is 9.67. The zero-order valence-electron chi connectivity index (χ0n) is 8.77. The van der Waals surface area contributed by atoms with E-state index in [2.05, 4.69) is 0 Å². The number of hydrogen-bond donors (Lipinski definition) is 1. The Hall–Kier alpha value is 0.250. The van der Waals surface area contributed by atoms with Gasteiger partial charge in [-0.25, -0.2) is 0 Å². The van der Waals surface area contributed by atoms with Crippen molar-refractivity contribution >= 4 is 8.54 Å². The van der Waals surface area contributed by atoms with Gasteiger partial charge in [0.25, 0.3) is 8.54 Å². The van der Waals surface area contributed by atoms with E-state index in [0.717, 1.165) is 0 Å². The van der Waals surface area contributed by atoms with Crippen LogP contribution < -0.4 is 0 Å². The Kier molecular flexibility index (Phi) is 4.74. The lowest BCUT2D eigenvalue weighted by atomic mass is 9.81. The lowest BCUT2D eigenvalue weighted by Gasteiger charge is -2.32. The van der Waals surface area contributed by atoms with Crippen LogP contribution in [0, 0.1) is 5.41 Å². The Morgan fingerprint density at radius 1 is 1.23 bits per heavy atom. The summed E-state index contributed by atoms with van der Waals surface area (Å²) in [4.78, 5) is 0. The summed E-state index contributed by atoms with van der Waals surface area (Å²) in [7, 11) is -2.86. The normalized spacial score (nSPS) is 17.5. The molecule has 0 fully saturated rings. The van der Waals surface area contributed by atoms with E-state index in [0.29, 0.717) is 12.8 Å². The molecule has 4 heteroatoms. The summed E-state index contributed by atoms with van der Waals surface area (Å²) in [6.07, 6.45) is 0.953. The number of aliphatic hydroxyl groups is 1. The standard InChI is InChI=1S/C9H19F2OP/c1-5-9(4,12)6-8(2,3)7-13(10)11/h12H,5-7H2,1-4H3. The minimum Gasteiger partial charge on any atom is -0.390 e. The second kappa shape index (κ2) is 4.65. The summed E-state index contributed by atoms with van der Waals surface area (Å²) in [5.41, 5.74) is -1.27. The molecular formula is C9H19F2OP. The third kappa shape index (κ3) is 6.34. The van der Waals surface area contributed by atoms with Crippen molar-refractivity contribution in [3.05, 3.63) is 0 Å². The molecule has 0 aromatic carbocycles. The fourth-order valence-electron chi connectivity index (χ4n) is 1.54. The van der Waals surface area contributed by atoms with Crippen molar-refractivity contribution in [1.29, 1.82) is 0 Å². The predicted molar refractivity (Wildman–Crippen MR) is 53.3 cm³/mol. The molecule has 1 N–H and O–H groups in total. The Bertz CT molecular complexity index is 158. The quantitative estimate of drug-likeness (QED) is 0.687. The third-order valence-electron chi connectivity index (χ3n) is 2.17. The first-order valence-electron chi connectivity index (χ1n) is 4.50. The van der Waals surface area contributed by atoms with E-state index in [1.54, 1.807) is 20.8 Å². The molecule has 1 unspecified atom stereocenters. The molecule has 0 aromatic rings. The molecule has 1 atom stereocenters. The molecule has 1 nitrogen and oxygen atoms in total. The van der Waals surface area contributed by atoms with Crippen LogP contribution in [0.25, 0.3) is 0 Å². The molecule has 0 rings (SSSR count). The zero-order chi connectivity index (χ0) is 10.7. The molecule has 0 saturated carbocycles. The maximum absolute atomic E-state index is 12.2. The molecule has 0 spiro atoms. The van der Waals surface area contributed by atoms with Gasteiger partial charge >= 0.3 is 0 Å². The van der Waals surface area contributed by atoms with Gasteiger partial charge in [0, 0.05) is 6.16 Å². The van der Waals surface area contributed by atoms with Crippen molar-refractivity contribution < 1.29 is 13.5 Å². The molecule has 0 amide bonds. The van der Waals surface area contributed by atoms with Gasteiger partial charge in [-0.1, -0.05) is 20.8 Å². The molecule has 80 valence electrons. The Morgan fingerprint density at radius 3 is 2.00 bits per heavy atom. The van der Waals surface area contributed by atoms with Crippen LogP contribution in [-0.2, 0) is 0 Å². The molecule has 0 bridgehead atoms. The van der Waals surface area contributed by atoms with E-state index in [-0.39, 0.29) is 6.16 Å². The summed E-state index contributed by atoms with van der Waals surface area (Å²) in [5, 5.41) is 9.73. The smallest absolute Gasteiger partial charge is 0.266 e. The van der Waals surface area contributed by atoms with Crippen LogP contribution in [0.2, 0.25) is 0 Å². The van der Waals surface area contributed by atoms with Crippen LogP contribution in [0.15, 0.2) is 0 Å². The summed E-state index contributed by atoms with van der Waals surface area (Å²) in [5.74, 6) is 0. The van der Waals surface area contributed by atoms with Crippen molar-refractivity contribution in [2.24, 2.45) is 5.41 Å². The highest BCUT2D eigenvalue weighted by molar-refractivity contribution is 7.46. The van der Waals surface area contributed by atoms with Gasteiger partial charge in [-0.2, -0.15) is 8.39 Å². The summed E-state index contributed by atoms with van der Waals surface area (Å²) in [6.45, 7) is 7.13. The molecule has 0 aromatic heterocycles. The third-order valence-corrected chi connectivity index (χ3v) is 3.26. The Labute approximate surface area is 80.5 Å². The average molecular weight is 212 g/mol. The Morgan fingerprint density at radius 2 is 1.69 bits per heavy atom. The summed E-state index contributed by atoms with van der Waals surface area (Å²) >= 11 is 0. The first-order chi connectivity index (χ1) is 5.68. The van der Waals surface area contributed by atoms with E-state index in [1.165, 1.54) is 0 Å². The molecule has 0 aliphatic rings. The highest BCUT2D eigenvalue weighted by atomic mass is 31.2. The van der Waals surface area contributed by atoms with Gasteiger partial charge in [0.1, 0.15) is 0 Å². The van der Waals surface area contributed by atoms with Crippen molar-refractivity contribution in [1.82, 2.24) is 0 Å². The van der Waals surface area contributed by atoms with Crippen LogP contribution >= 0.6 is 8.54 Å². The monoisotopic (exact) mass is 212 g/mol. The molecule has 0 aliphatic heterocycles. The highest BCUT2D eigenvalue weighted by Crippen LogP contribution is 2.47. The first-order valence-corrected chi connectivity index (χ1v) is 5.81. The largest absolute Gasteiger partial charge is 0.390 e. The van der Waals surface area contributed by atoms with Gasteiger partial charge in [-0.15, -0.1) is 0 Å². The van der Waals surface area contributed by atoms with Gasteiger partial charge in [0.15, 0.2) is 0 Å². The lowest BCUT2D eigenvalue weighted by Crippen LogP contribution is -2.32. The average Bonchev–Trinajstić information content (AvgIpc) is 1.81. The predicted octanol–water partition coefficient (Wildman–Crippen LogP) is 3.81. The van der Waals surface area contributed by atoms with Gasteiger partial charge < -0.3 is 5.11 Å². The molecule has 0 aliphatic carbocycles. The van der Waals surface area contributed by atoms with Gasteiger partial charge in [-0.3, -0.25) is 0 Å². The second-order valence-electron chi connectivity index (χ2n) is 4.65. The minimum absolute atomic E-state index is 0.0848. The van der Waals surface area contributed by atoms with E-state index in [9.17, 15) is 13.5 Å². The fourth-order valence-corrected chi connectivity index (χ4v) is 2.29. The summed E-state index contributed by atoms with van der Waals surface area (Å²) in [6, 6.07) is 0. The van der Waals surface area contributed by atoms with E-state index >= 15 is 0 Å². The fraction of sp³-hybridized carbons (Fsp3) is 1.00. The molecule has 0 radical (unpaired) electrons. The number of rotatable bonds is 5. The first kappa shape index (κ1) is 13.2. The van der Waals surface area contributed by atoms with Gasteiger partial charge in [0.05, 0.1) is 5.60 Å². The van der Waals surface area contributed by atoms with Crippen LogP contribution in [-0.4, -0.2) is 16.9 Å². The van der Waals surface area contributed by atoms with Crippen LogP contribution in [0.5, 0.6) is 0 Å². The van der Waals surface area contributed by atoms with Crippen LogP contribution in [0.3, 0.4) is 0 Å². The Balaban J connectivity index is 4.16. The molecular weight excluding hydrogens is 193 g/mol. The maximum Gasteiger partial charge on any atom is 0.266 e. The second-order valence-corrected chi connectivity index (χ2v) is 5.57. The van der Waals surface area contributed by atoms with E-state index in [1.807, 2.05) is 6.92 Å². The van der Waals surface area contributed by atoms with Crippen molar-refractivity contribution in [3.8, 4) is 0 Å². The van der Waals surface area contributed by atoms with E-state index < -0.39 is 19.6 Å². The lowest BCUT2D eigenvalue weighted by molar-refractivity contribution is 0.0163.